The SMILES string of the molecule is CC(C)(C)c1nc(NCCc2cccnc2)c2n[nH]c(=O)n2c1C(O)CCc1ccccc1. The summed E-state index contributed by atoms with van der Waals surface area (Å²) in [4.78, 5) is 21.8. The van der Waals surface area contributed by atoms with Gasteiger partial charge in [0.1, 0.15) is 0 Å². The quantitative estimate of drug-likeness (QED) is 0.383. The van der Waals surface area contributed by atoms with Gasteiger partial charge in [-0.25, -0.2) is 19.3 Å². The number of anilines is 1. The van der Waals surface area contributed by atoms with E-state index in [-0.39, 0.29) is 5.69 Å². The molecule has 3 heterocycles. The van der Waals surface area contributed by atoms with Gasteiger partial charge in [0.15, 0.2) is 5.82 Å². The number of fused-ring (bicyclic) bond motifs is 1. The van der Waals surface area contributed by atoms with Crippen molar-refractivity contribution in [2.45, 2.75) is 51.6 Å². The Morgan fingerprint density at radius 2 is 1.85 bits per heavy atom. The van der Waals surface area contributed by atoms with Crippen molar-refractivity contribution < 1.29 is 5.11 Å². The number of aryl methyl sites for hydroxylation is 1. The van der Waals surface area contributed by atoms with Crippen molar-refractivity contribution in [2.75, 3.05) is 11.9 Å². The van der Waals surface area contributed by atoms with Crippen molar-refractivity contribution >= 4 is 11.5 Å². The summed E-state index contributed by atoms with van der Waals surface area (Å²) in [5.41, 5.74) is 2.99. The average Bonchev–Trinajstić information content (AvgIpc) is 3.20. The zero-order valence-corrected chi connectivity index (χ0v) is 19.2. The molecule has 0 aliphatic heterocycles. The number of H-pyrrole nitrogens is 1. The van der Waals surface area contributed by atoms with Gasteiger partial charge >= 0.3 is 5.69 Å². The van der Waals surface area contributed by atoms with Crippen LogP contribution in [0.25, 0.3) is 5.65 Å². The van der Waals surface area contributed by atoms with Crippen molar-refractivity contribution in [3.05, 3.63) is 87.9 Å². The Morgan fingerprint density at radius 1 is 1.09 bits per heavy atom. The second kappa shape index (κ2) is 9.54. The minimum absolute atomic E-state index is 0.382. The maximum Gasteiger partial charge on any atom is 0.348 e. The largest absolute Gasteiger partial charge is 0.387 e. The Bertz CT molecular complexity index is 1260. The first-order valence-corrected chi connectivity index (χ1v) is 11.2. The topological polar surface area (TPSA) is 108 Å². The molecule has 0 fully saturated rings. The predicted molar refractivity (Wildman–Crippen MR) is 128 cm³/mol. The predicted octanol–water partition coefficient (Wildman–Crippen LogP) is 3.43. The molecule has 1 aromatic carbocycles. The van der Waals surface area contributed by atoms with Crippen LogP contribution in [0.5, 0.6) is 0 Å². The Balaban J connectivity index is 1.68. The van der Waals surface area contributed by atoms with Gasteiger partial charge in [0.25, 0.3) is 0 Å². The zero-order valence-electron chi connectivity index (χ0n) is 19.2. The second-order valence-corrected chi connectivity index (χ2v) is 9.21. The highest BCUT2D eigenvalue weighted by Gasteiger charge is 2.29. The Kier molecular flexibility index (Phi) is 6.55. The number of pyridine rings is 1. The molecule has 3 N–H and O–H groups in total. The lowest BCUT2D eigenvalue weighted by Crippen LogP contribution is -2.27. The van der Waals surface area contributed by atoms with Gasteiger partial charge in [0.05, 0.1) is 17.5 Å². The van der Waals surface area contributed by atoms with Gasteiger partial charge in [0.2, 0.25) is 5.65 Å². The van der Waals surface area contributed by atoms with E-state index in [2.05, 4.69) is 20.5 Å². The second-order valence-electron chi connectivity index (χ2n) is 9.21. The molecule has 0 aliphatic carbocycles. The van der Waals surface area contributed by atoms with Crippen LogP contribution in [-0.2, 0) is 18.3 Å². The van der Waals surface area contributed by atoms with Gasteiger partial charge in [-0.05, 0) is 36.5 Å². The Morgan fingerprint density at radius 3 is 2.55 bits per heavy atom. The van der Waals surface area contributed by atoms with E-state index in [1.54, 1.807) is 6.20 Å². The van der Waals surface area contributed by atoms with Crippen LogP contribution in [0.1, 0.15) is 55.8 Å². The molecule has 172 valence electrons. The molecule has 1 atom stereocenters. The minimum Gasteiger partial charge on any atom is -0.387 e. The molecule has 0 radical (unpaired) electrons. The molecule has 0 amide bonds. The van der Waals surface area contributed by atoms with E-state index in [1.165, 1.54) is 4.40 Å². The first-order chi connectivity index (χ1) is 15.8. The molecule has 3 aromatic heterocycles. The molecule has 8 nitrogen and oxygen atoms in total. The van der Waals surface area contributed by atoms with Crippen LogP contribution in [0.15, 0.2) is 59.7 Å². The highest BCUT2D eigenvalue weighted by molar-refractivity contribution is 5.63. The fraction of sp³-hybridized carbons (Fsp3) is 0.360. The lowest BCUT2D eigenvalue weighted by Gasteiger charge is -2.26. The monoisotopic (exact) mass is 446 g/mol. The van der Waals surface area contributed by atoms with Crippen molar-refractivity contribution in [2.24, 2.45) is 0 Å². The molecule has 0 bridgehead atoms. The first-order valence-electron chi connectivity index (χ1n) is 11.2. The van der Waals surface area contributed by atoms with Crippen LogP contribution in [0.2, 0.25) is 0 Å². The van der Waals surface area contributed by atoms with E-state index in [1.807, 2.05) is 69.4 Å². The highest BCUT2D eigenvalue weighted by Crippen LogP contribution is 2.32. The molecule has 8 heteroatoms. The van der Waals surface area contributed by atoms with Crippen LogP contribution in [0.3, 0.4) is 0 Å². The number of benzene rings is 1. The molecule has 0 saturated carbocycles. The molecule has 1 unspecified atom stereocenters. The summed E-state index contributed by atoms with van der Waals surface area (Å²) in [6.45, 7) is 6.69. The number of hydrogen-bond donors (Lipinski definition) is 3. The summed E-state index contributed by atoms with van der Waals surface area (Å²) in [7, 11) is 0. The van der Waals surface area contributed by atoms with Gasteiger partial charge in [0, 0.05) is 24.4 Å². The summed E-state index contributed by atoms with van der Waals surface area (Å²) in [6.07, 6.45) is 4.61. The number of nitrogens with zero attached hydrogens (tertiary/aromatic N) is 4. The Hall–Kier alpha value is -3.52. The van der Waals surface area contributed by atoms with Crippen LogP contribution < -0.4 is 11.0 Å². The van der Waals surface area contributed by atoms with Gasteiger partial charge in [-0.15, -0.1) is 5.10 Å². The zero-order chi connectivity index (χ0) is 23.4. The van der Waals surface area contributed by atoms with Crippen LogP contribution in [0.4, 0.5) is 5.82 Å². The number of aliphatic hydroxyl groups excluding tert-OH is 1. The van der Waals surface area contributed by atoms with Gasteiger partial charge in [-0.2, -0.15) is 0 Å². The number of rotatable bonds is 8. The van der Waals surface area contributed by atoms with E-state index in [9.17, 15) is 9.90 Å². The first kappa shape index (κ1) is 22.7. The lowest BCUT2D eigenvalue weighted by molar-refractivity contribution is 0.158. The van der Waals surface area contributed by atoms with E-state index < -0.39 is 11.5 Å². The van der Waals surface area contributed by atoms with E-state index in [0.717, 1.165) is 17.5 Å². The normalized spacial score (nSPS) is 12.7. The highest BCUT2D eigenvalue weighted by atomic mass is 16.3. The third kappa shape index (κ3) is 5.12. The number of aromatic amines is 1. The smallest absolute Gasteiger partial charge is 0.348 e. The molecule has 0 spiro atoms. The van der Waals surface area contributed by atoms with Crippen molar-refractivity contribution in [1.29, 1.82) is 0 Å². The average molecular weight is 447 g/mol. The maximum absolute atomic E-state index is 12.8. The third-order valence-electron chi connectivity index (χ3n) is 5.60. The lowest BCUT2D eigenvalue weighted by atomic mass is 9.88. The third-order valence-corrected chi connectivity index (χ3v) is 5.60. The number of nitrogens with one attached hydrogen (secondary N) is 2. The number of aromatic nitrogens is 5. The fourth-order valence-electron chi connectivity index (χ4n) is 3.94. The number of hydrogen-bond acceptors (Lipinski definition) is 6. The molecular weight excluding hydrogens is 416 g/mol. The summed E-state index contributed by atoms with van der Waals surface area (Å²) in [5, 5.41) is 21.3. The molecule has 4 rings (SSSR count). The summed E-state index contributed by atoms with van der Waals surface area (Å²) in [5.74, 6) is 0.515. The van der Waals surface area contributed by atoms with E-state index >= 15 is 0 Å². The van der Waals surface area contributed by atoms with Gasteiger partial charge < -0.3 is 10.4 Å². The summed E-state index contributed by atoms with van der Waals surface area (Å²) >= 11 is 0. The van der Waals surface area contributed by atoms with E-state index in [4.69, 9.17) is 4.98 Å². The molecular formula is C25H30N6O2. The molecule has 0 aliphatic rings. The van der Waals surface area contributed by atoms with Crippen LogP contribution in [-0.4, -0.2) is 36.2 Å². The van der Waals surface area contributed by atoms with Crippen molar-refractivity contribution in [3.63, 3.8) is 0 Å². The van der Waals surface area contributed by atoms with Crippen molar-refractivity contribution in [1.82, 2.24) is 24.6 Å². The van der Waals surface area contributed by atoms with Crippen LogP contribution in [0, 0.1) is 0 Å². The maximum atomic E-state index is 12.8. The minimum atomic E-state index is -0.867. The van der Waals surface area contributed by atoms with Gasteiger partial charge in [-0.3, -0.25) is 4.98 Å². The number of aliphatic hydroxyl groups is 1. The summed E-state index contributed by atoms with van der Waals surface area (Å²) < 4.78 is 1.47. The standard InChI is InChI=1S/C25H30N6O2/c1-25(2,3)21-20(19(32)12-11-17-8-5-4-6-9-17)31-23(29-30-24(31)33)22(28-21)27-15-13-18-10-7-14-26-16-18/h4-10,14,16,19,32H,11-13,15H2,1-3H3,(H,27,28)(H,30,33). The molecule has 4 aromatic rings. The Labute approximate surface area is 192 Å². The van der Waals surface area contributed by atoms with Gasteiger partial charge in [-0.1, -0.05) is 57.2 Å². The van der Waals surface area contributed by atoms with E-state index in [0.29, 0.717) is 42.2 Å². The fourth-order valence-corrected chi connectivity index (χ4v) is 3.94. The van der Waals surface area contributed by atoms with Crippen LogP contribution >= 0.6 is 0 Å². The molecule has 0 saturated heterocycles. The summed E-state index contributed by atoms with van der Waals surface area (Å²) in [6, 6.07) is 13.9. The van der Waals surface area contributed by atoms with Crippen molar-refractivity contribution in [3.8, 4) is 0 Å². The molecule has 33 heavy (non-hydrogen) atoms.